The summed E-state index contributed by atoms with van der Waals surface area (Å²) in [5, 5.41) is 0. The van der Waals surface area contributed by atoms with E-state index in [0.29, 0.717) is 12.0 Å². The van der Waals surface area contributed by atoms with Crippen LogP contribution in [-0.4, -0.2) is 12.6 Å². The Balaban J connectivity index is 2.82. The molecule has 0 aliphatic carbocycles. The summed E-state index contributed by atoms with van der Waals surface area (Å²) in [7, 11) is 0. The summed E-state index contributed by atoms with van der Waals surface area (Å²) in [4.78, 5) is 0. The second-order valence-corrected chi connectivity index (χ2v) is 4.85. The first kappa shape index (κ1) is 15.6. The first-order valence-electron chi connectivity index (χ1n) is 6.43. The summed E-state index contributed by atoms with van der Waals surface area (Å²) in [6.45, 7) is 5.88. The van der Waals surface area contributed by atoms with Crippen molar-refractivity contribution in [2.75, 3.05) is 6.61 Å². The molecule has 0 spiro atoms. The molecule has 0 radical (unpaired) electrons. The van der Waals surface area contributed by atoms with E-state index in [2.05, 4.69) is 0 Å². The molecule has 4 heteroatoms. The van der Waals surface area contributed by atoms with Crippen LogP contribution in [0.5, 0.6) is 5.75 Å². The van der Waals surface area contributed by atoms with Crippen molar-refractivity contribution in [1.29, 1.82) is 0 Å². The third-order valence-corrected chi connectivity index (χ3v) is 2.80. The van der Waals surface area contributed by atoms with E-state index in [-0.39, 0.29) is 18.4 Å². The number of allylic oxidation sites excluding steroid dienone is 1. The molecule has 0 aliphatic rings. The van der Waals surface area contributed by atoms with Gasteiger partial charge in [0.1, 0.15) is 6.61 Å². The number of halogens is 2. The van der Waals surface area contributed by atoms with Crippen molar-refractivity contribution in [2.24, 2.45) is 5.73 Å². The number of hydrogen-bond donors (Lipinski definition) is 1. The van der Waals surface area contributed by atoms with Crippen LogP contribution in [0, 0.1) is 11.6 Å². The monoisotopic (exact) mass is 269 g/mol. The summed E-state index contributed by atoms with van der Waals surface area (Å²) in [5.74, 6) is -1.69. The maximum absolute atomic E-state index is 13.8. The molecule has 0 aromatic heterocycles. The Hall–Kier alpha value is -1.42. The van der Waals surface area contributed by atoms with Gasteiger partial charge in [0.25, 0.3) is 0 Å². The largest absolute Gasteiger partial charge is 0.483 e. The quantitative estimate of drug-likeness (QED) is 0.801. The summed E-state index contributed by atoms with van der Waals surface area (Å²) in [5.41, 5.74) is 7.36. The fraction of sp³-hybridized carbons (Fsp3) is 0.467. The molecule has 1 atom stereocenters. The van der Waals surface area contributed by atoms with E-state index in [9.17, 15) is 8.78 Å². The standard InChI is InChI=1S/C15H21F2NO/c1-4-12(18)7-11-8-13(16)15(14(17)9-11)19-6-5-10(2)3/h5,8-9,12H,4,6-7,18H2,1-3H3. The van der Waals surface area contributed by atoms with Crippen LogP contribution in [0.15, 0.2) is 23.8 Å². The first-order chi connectivity index (χ1) is 8.93. The highest BCUT2D eigenvalue weighted by Crippen LogP contribution is 2.24. The Labute approximate surface area is 113 Å². The molecule has 2 nitrogen and oxygen atoms in total. The average Bonchev–Trinajstić information content (AvgIpc) is 2.32. The van der Waals surface area contributed by atoms with E-state index in [1.807, 2.05) is 20.8 Å². The molecule has 0 bridgehead atoms. The van der Waals surface area contributed by atoms with Gasteiger partial charge in [0.05, 0.1) is 0 Å². The Bertz CT molecular complexity index is 430. The van der Waals surface area contributed by atoms with E-state index < -0.39 is 11.6 Å². The second-order valence-electron chi connectivity index (χ2n) is 4.85. The van der Waals surface area contributed by atoms with Crippen molar-refractivity contribution < 1.29 is 13.5 Å². The van der Waals surface area contributed by atoms with Gasteiger partial charge in [0, 0.05) is 6.04 Å². The number of hydrogen-bond acceptors (Lipinski definition) is 2. The van der Waals surface area contributed by atoms with Gasteiger partial charge < -0.3 is 10.5 Å². The SMILES string of the molecule is CCC(N)Cc1cc(F)c(OCC=C(C)C)c(F)c1. The lowest BCUT2D eigenvalue weighted by atomic mass is 10.0. The van der Waals surface area contributed by atoms with Gasteiger partial charge in [0.2, 0.25) is 0 Å². The molecule has 0 heterocycles. The topological polar surface area (TPSA) is 35.2 Å². The van der Waals surface area contributed by atoms with Crippen molar-refractivity contribution in [3.63, 3.8) is 0 Å². The normalized spacial score (nSPS) is 12.1. The third kappa shape index (κ3) is 4.99. The molecule has 1 aromatic rings. The summed E-state index contributed by atoms with van der Waals surface area (Å²) in [6.07, 6.45) is 2.99. The third-order valence-electron chi connectivity index (χ3n) is 2.80. The molecule has 1 rings (SSSR count). The molecule has 1 unspecified atom stereocenters. The van der Waals surface area contributed by atoms with Gasteiger partial charge >= 0.3 is 0 Å². The van der Waals surface area contributed by atoms with Gasteiger partial charge in [-0.25, -0.2) is 8.78 Å². The van der Waals surface area contributed by atoms with Gasteiger partial charge in [-0.05, 0) is 50.5 Å². The fourth-order valence-electron chi connectivity index (χ4n) is 1.61. The number of nitrogens with two attached hydrogens (primary N) is 1. The van der Waals surface area contributed by atoms with Crippen LogP contribution in [0.3, 0.4) is 0 Å². The van der Waals surface area contributed by atoms with Crippen LogP contribution in [-0.2, 0) is 6.42 Å². The lowest BCUT2D eigenvalue weighted by Gasteiger charge is -2.11. The molecule has 0 aliphatic heterocycles. The van der Waals surface area contributed by atoms with E-state index >= 15 is 0 Å². The Kier molecular flexibility index (Phi) is 5.96. The first-order valence-corrected chi connectivity index (χ1v) is 6.43. The lowest BCUT2D eigenvalue weighted by molar-refractivity contribution is 0.319. The van der Waals surface area contributed by atoms with Crippen molar-refractivity contribution in [2.45, 2.75) is 39.7 Å². The molecular formula is C15H21F2NO. The van der Waals surface area contributed by atoms with Crippen LogP contribution in [0.25, 0.3) is 0 Å². The summed E-state index contributed by atoms with van der Waals surface area (Å²) >= 11 is 0. The minimum Gasteiger partial charge on any atom is -0.483 e. The zero-order valence-corrected chi connectivity index (χ0v) is 11.7. The number of rotatable bonds is 6. The van der Waals surface area contributed by atoms with Gasteiger partial charge in [-0.1, -0.05) is 12.5 Å². The summed E-state index contributed by atoms with van der Waals surface area (Å²) in [6, 6.07) is 2.49. The highest BCUT2D eigenvalue weighted by molar-refractivity contribution is 5.32. The molecular weight excluding hydrogens is 248 g/mol. The van der Waals surface area contributed by atoms with Gasteiger partial charge in [-0.3, -0.25) is 0 Å². The van der Waals surface area contributed by atoms with E-state index in [1.165, 1.54) is 12.1 Å². The van der Waals surface area contributed by atoms with Crippen LogP contribution in [0.2, 0.25) is 0 Å². The second kappa shape index (κ2) is 7.24. The maximum Gasteiger partial charge on any atom is 0.191 e. The minimum atomic E-state index is -0.680. The molecule has 1 aromatic carbocycles. The van der Waals surface area contributed by atoms with Crippen molar-refractivity contribution in [3.8, 4) is 5.75 Å². The van der Waals surface area contributed by atoms with E-state index in [4.69, 9.17) is 10.5 Å². The number of benzene rings is 1. The van der Waals surface area contributed by atoms with Gasteiger partial charge in [-0.15, -0.1) is 0 Å². The minimum absolute atomic E-state index is 0.0868. The summed E-state index contributed by atoms with van der Waals surface area (Å²) < 4.78 is 32.6. The highest BCUT2D eigenvalue weighted by atomic mass is 19.1. The maximum atomic E-state index is 13.8. The van der Waals surface area contributed by atoms with Gasteiger partial charge in [0.15, 0.2) is 17.4 Å². The molecule has 0 amide bonds. The van der Waals surface area contributed by atoms with Crippen LogP contribution in [0.4, 0.5) is 8.78 Å². The van der Waals surface area contributed by atoms with Crippen molar-refractivity contribution >= 4 is 0 Å². The van der Waals surface area contributed by atoms with Gasteiger partial charge in [-0.2, -0.15) is 0 Å². The predicted octanol–water partition coefficient (Wildman–Crippen LogP) is 3.59. The van der Waals surface area contributed by atoms with Crippen LogP contribution in [0.1, 0.15) is 32.8 Å². The predicted molar refractivity (Wildman–Crippen MR) is 73.3 cm³/mol. The van der Waals surface area contributed by atoms with Crippen molar-refractivity contribution in [3.05, 3.63) is 41.0 Å². The fourth-order valence-corrected chi connectivity index (χ4v) is 1.61. The van der Waals surface area contributed by atoms with Crippen molar-refractivity contribution in [1.82, 2.24) is 0 Å². The van der Waals surface area contributed by atoms with Crippen LogP contribution < -0.4 is 10.5 Å². The molecule has 0 saturated carbocycles. The molecule has 0 fully saturated rings. The molecule has 19 heavy (non-hydrogen) atoms. The number of ether oxygens (including phenoxy) is 1. The molecule has 0 saturated heterocycles. The van der Waals surface area contributed by atoms with E-state index in [1.54, 1.807) is 6.08 Å². The zero-order valence-electron chi connectivity index (χ0n) is 11.7. The highest BCUT2D eigenvalue weighted by Gasteiger charge is 2.13. The lowest BCUT2D eigenvalue weighted by Crippen LogP contribution is -2.21. The van der Waals surface area contributed by atoms with Crippen LogP contribution >= 0.6 is 0 Å². The average molecular weight is 269 g/mol. The molecule has 2 N–H and O–H groups in total. The zero-order chi connectivity index (χ0) is 14.4. The Morgan fingerprint density at radius 1 is 1.32 bits per heavy atom. The smallest absolute Gasteiger partial charge is 0.191 e. The van der Waals surface area contributed by atoms with E-state index in [0.717, 1.165) is 12.0 Å². The molecule has 106 valence electrons. The Morgan fingerprint density at radius 3 is 2.37 bits per heavy atom. The Morgan fingerprint density at radius 2 is 1.89 bits per heavy atom.